The van der Waals surface area contributed by atoms with Crippen LogP contribution in [0.3, 0.4) is 0 Å². The molecule has 4 nitrogen and oxygen atoms in total. The molecular weight excluding hydrogens is 248 g/mol. The fourth-order valence-electron chi connectivity index (χ4n) is 2.29. The highest BCUT2D eigenvalue weighted by Crippen LogP contribution is 2.23. The first kappa shape index (κ1) is 14.4. The molecule has 0 fully saturated rings. The zero-order valence-electron chi connectivity index (χ0n) is 13.0. The highest BCUT2D eigenvalue weighted by Gasteiger charge is 2.10. The van der Waals surface area contributed by atoms with Crippen LogP contribution >= 0.6 is 0 Å². The molecule has 1 unspecified atom stereocenters. The second-order valence-corrected chi connectivity index (χ2v) is 5.37. The minimum atomic E-state index is 0.265. The van der Waals surface area contributed by atoms with Crippen LogP contribution in [0.15, 0.2) is 30.5 Å². The summed E-state index contributed by atoms with van der Waals surface area (Å²) in [5.74, 6) is 0. The van der Waals surface area contributed by atoms with E-state index in [1.54, 1.807) is 0 Å². The van der Waals surface area contributed by atoms with Crippen molar-refractivity contribution in [3.8, 4) is 0 Å². The van der Waals surface area contributed by atoms with Gasteiger partial charge in [-0.3, -0.25) is 4.68 Å². The van der Waals surface area contributed by atoms with E-state index in [-0.39, 0.29) is 6.04 Å². The van der Waals surface area contributed by atoms with E-state index in [1.165, 1.54) is 11.3 Å². The van der Waals surface area contributed by atoms with Gasteiger partial charge in [0.25, 0.3) is 0 Å². The highest BCUT2D eigenvalue weighted by atomic mass is 15.3. The van der Waals surface area contributed by atoms with Crippen molar-refractivity contribution in [2.75, 3.05) is 24.3 Å². The minimum Gasteiger partial charge on any atom is -0.378 e. The van der Waals surface area contributed by atoms with Crippen molar-refractivity contribution in [1.29, 1.82) is 0 Å². The number of aromatic nitrogens is 2. The lowest BCUT2D eigenvalue weighted by Crippen LogP contribution is -2.10. The van der Waals surface area contributed by atoms with Gasteiger partial charge in [0.15, 0.2) is 0 Å². The standard InChI is InChI=1S/C16H24N4/c1-6-15-16(11-20(5)18-15)17-12(2)13-7-9-14(10-8-13)19(3)4/h7-12,17H,6H2,1-5H3. The molecule has 20 heavy (non-hydrogen) atoms. The van der Waals surface area contributed by atoms with Gasteiger partial charge in [-0.1, -0.05) is 19.1 Å². The summed E-state index contributed by atoms with van der Waals surface area (Å²) in [5, 5.41) is 8.01. The molecule has 0 saturated heterocycles. The van der Waals surface area contributed by atoms with Crippen molar-refractivity contribution in [2.45, 2.75) is 26.3 Å². The maximum atomic E-state index is 4.46. The number of aryl methyl sites for hydroxylation is 2. The molecule has 1 heterocycles. The first-order chi connectivity index (χ1) is 9.51. The van der Waals surface area contributed by atoms with Crippen molar-refractivity contribution >= 4 is 11.4 Å². The van der Waals surface area contributed by atoms with Crippen LogP contribution in [-0.2, 0) is 13.5 Å². The second kappa shape index (κ2) is 5.99. The molecule has 0 aliphatic rings. The van der Waals surface area contributed by atoms with E-state index >= 15 is 0 Å². The number of nitrogens with zero attached hydrogens (tertiary/aromatic N) is 3. The Morgan fingerprint density at radius 1 is 1.25 bits per heavy atom. The topological polar surface area (TPSA) is 33.1 Å². The second-order valence-electron chi connectivity index (χ2n) is 5.37. The van der Waals surface area contributed by atoms with E-state index in [0.29, 0.717) is 0 Å². The molecule has 2 aromatic rings. The van der Waals surface area contributed by atoms with E-state index in [2.05, 4.69) is 67.5 Å². The molecule has 108 valence electrons. The largest absolute Gasteiger partial charge is 0.378 e. The molecule has 1 aromatic heterocycles. The predicted molar refractivity (Wildman–Crippen MR) is 85.4 cm³/mol. The van der Waals surface area contributed by atoms with Gasteiger partial charge in [-0.05, 0) is 31.0 Å². The number of benzene rings is 1. The molecular formula is C16H24N4. The van der Waals surface area contributed by atoms with Gasteiger partial charge in [-0.25, -0.2) is 0 Å². The molecule has 1 atom stereocenters. The predicted octanol–water partition coefficient (Wildman–Crippen LogP) is 3.22. The van der Waals surface area contributed by atoms with Crippen molar-refractivity contribution < 1.29 is 0 Å². The van der Waals surface area contributed by atoms with Crippen LogP contribution in [0.1, 0.15) is 31.1 Å². The van der Waals surface area contributed by atoms with Crippen molar-refractivity contribution in [3.05, 3.63) is 41.7 Å². The molecule has 1 aromatic carbocycles. The lowest BCUT2D eigenvalue weighted by Gasteiger charge is -2.17. The first-order valence-corrected chi connectivity index (χ1v) is 7.07. The Hall–Kier alpha value is -1.97. The van der Waals surface area contributed by atoms with Crippen LogP contribution in [-0.4, -0.2) is 23.9 Å². The third-order valence-corrected chi connectivity index (χ3v) is 3.52. The van der Waals surface area contributed by atoms with Crippen molar-refractivity contribution in [2.24, 2.45) is 7.05 Å². The molecule has 2 rings (SSSR count). The number of rotatable bonds is 5. The molecule has 0 aliphatic heterocycles. The SMILES string of the molecule is CCc1nn(C)cc1NC(C)c1ccc(N(C)C)cc1. The van der Waals surface area contributed by atoms with Crippen molar-refractivity contribution in [3.63, 3.8) is 0 Å². The zero-order chi connectivity index (χ0) is 14.7. The van der Waals surface area contributed by atoms with E-state index in [0.717, 1.165) is 17.8 Å². The summed E-state index contributed by atoms with van der Waals surface area (Å²) in [5.41, 5.74) is 4.74. The summed E-state index contributed by atoms with van der Waals surface area (Å²) >= 11 is 0. The van der Waals surface area contributed by atoms with Crippen LogP contribution in [0.4, 0.5) is 11.4 Å². The molecule has 0 aliphatic carbocycles. The molecule has 0 spiro atoms. The van der Waals surface area contributed by atoms with Gasteiger partial charge in [-0.2, -0.15) is 5.10 Å². The number of nitrogens with one attached hydrogen (secondary N) is 1. The van der Waals surface area contributed by atoms with E-state index in [1.807, 2.05) is 17.9 Å². The van der Waals surface area contributed by atoms with Gasteiger partial charge in [0.05, 0.1) is 11.4 Å². The fourth-order valence-corrected chi connectivity index (χ4v) is 2.29. The number of anilines is 2. The Morgan fingerprint density at radius 3 is 2.45 bits per heavy atom. The summed E-state index contributed by atoms with van der Waals surface area (Å²) in [6.45, 7) is 4.31. The molecule has 0 saturated carbocycles. The van der Waals surface area contributed by atoms with Gasteiger partial charge < -0.3 is 10.2 Å². The lowest BCUT2D eigenvalue weighted by molar-refractivity contribution is 0.746. The maximum absolute atomic E-state index is 4.46. The molecule has 1 N–H and O–H groups in total. The van der Waals surface area contributed by atoms with Crippen LogP contribution in [0, 0.1) is 0 Å². The normalized spacial score (nSPS) is 12.2. The van der Waals surface area contributed by atoms with E-state index in [4.69, 9.17) is 0 Å². The van der Waals surface area contributed by atoms with E-state index in [9.17, 15) is 0 Å². The lowest BCUT2D eigenvalue weighted by atomic mass is 10.1. The van der Waals surface area contributed by atoms with Crippen molar-refractivity contribution in [1.82, 2.24) is 9.78 Å². The van der Waals surface area contributed by atoms with Gasteiger partial charge in [0.1, 0.15) is 0 Å². The molecule has 4 heteroatoms. The van der Waals surface area contributed by atoms with Crippen LogP contribution < -0.4 is 10.2 Å². The summed E-state index contributed by atoms with van der Waals surface area (Å²) in [6, 6.07) is 8.92. The Morgan fingerprint density at radius 2 is 1.90 bits per heavy atom. The monoisotopic (exact) mass is 272 g/mol. The summed E-state index contributed by atoms with van der Waals surface area (Å²) in [7, 11) is 6.07. The quantitative estimate of drug-likeness (QED) is 0.907. The average Bonchev–Trinajstić information content (AvgIpc) is 2.78. The Labute approximate surface area is 121 Å². The average molecular weight is 272 g/mol. The number of hydrogen-bond donors (Lipinski definition) is 1. The molecule has 0 radical (unpaired) electrons. The minimum absolute atomic E-state index is 0.265. The first-order valence-electron chi connectivity index (χ1n) is 7.07. The van der Waals surface area contributed by atoms with Gasteiger partial charge in [0, 0.05) is 39.1 Å². The van der Waals surface area contributed by atoms with E-state index < -0.39 is 0 Å². The molecule has 0 bridgehead atoms. The zero-order valence-corrected chi connectivity index (χ0v) is 13.0. The Bertz CT molecular complexity index is 554. The van der Waals surface area contributed by atoms with Crippen LogP contribution in [0.2, 0.25) is 0 Å². The fraction of sp³-hybridized carbons (Fsp3) is 0.438. The summed E-state index contributed by atoms with van der Waals surface area (Å²) in [6.07, 6.45) is 2.99. The third kappa shape index (κ3) is 3.13. The van der Waals surface area contributed by atoms with Crippen LogP contribution in [0.5, 0.6) is 0 Å². The maximum Gasteiger partial charge on any atom is 0.0853 e. The smallest absolute Gasteiger partial charge is 0.0853 e. The third-order valence-electron chi connectivity index (χ3n) is 3.52. The Kier molecular flexibility index (Phi) is 4.32. The van der Waals surface area contributed by atoms with Gasteiger partial charge >= 0.3 is 0 Å². The highest BCUT2D eigenvalue weighted by molar-refractivity contribution is 5.50. The Balaban J connectivity index is 2.13. The summed E-state index contributed by atoms with van der Waals surface area (Å²) < 4.78 is 1.86. The number of hydrogen-bond acceptors (Lipinski definition) is 3. The van der Waals surface area contributed by atoms with Gasteiger partial charge in [-0.15, -0.1) is 0 Å². The molecule has 0 amide bonds. The van der Waals surface area contributed by atoms with Crippen LogP contribution in [0.25, 0.3) is 0 Å². The van der Waals surface area contributed by atoms with Gasteiger partial charge in [0.2, 0.25) is 0 Å². The summed E-state index contributed by atoms with van der Waals surface area (Å²) in [4.78, 5) is 2.11.